The van der Waals surface area contributed by atoms with E-state index in [4.69, 9.17) is 4.98 Å². The molecule has 0 bridgehead atoms. The summed E-state index contributed by atoms with van der Waals surface area (Å²) in [5, 5.41) is 1.06. The Bertz CT molecular complexity index is 2010. The Labute approximate surface area is 246 Å². The van der Waals surface area contributed by atoms with Crippen LogP contribution in [0.5, 0.6) is 0 Å². The average Bonchev–Trinajstić information content (AvgIpc) is 2.99. The van der Waals surface area contributed by atoms with Crippen molar-refractivity contribution in [2.75, 3.05) is 11.2 Å². The molecule has 0 saturated heterocycles. The summed E-state index contributed by atoms with van der Waals surface area (Å²) in [6.45, 7) is 2.09. The van der Waals surface area contributed by atoms with E-state index in [0.717, 1.165) is 39.0 Å². The van der Waals surface area contributed by atoms with Crippen molar-refractivity contribution in [1.29, 1.82) is 0 Å². The van der Waals surface area contributed by atoms with Gasteiger partial charge in [-0.2, -0.15) is 0 Å². The van der Waals surface area contributed by atoms with Crippen molar-refractivity contribution in [1.82, 2.24) is 4.98 Å². The second-order valence-electron chi connectivity index (χ2n) is 10.3. The molecule has 7 rings (SSSR count). The first kappa shape index (κ1) is 25.7. The normalized spacial score (nSPS) is 12.7. The molecule has 0 fully saturated rings. The SMILES string of the molecule is Cc1ccc(-c2cc(-c3ccc(S(C)(=O)=O)cc3)nc3c(N4c5ccccc5[Se]c5ccccc54)cccc23)cc1. The van der Waals surface area contributed by atoms with Crippen LogP contribution in [0.25, 0.3) is 33.3 Å². The Kier molecular flexibility index (Phi) is 6.28. The van der Waals surface area contributed by atoms with Gasteiger partial charge in [-0.05, 0) is 0 Å². The predicted octanol–water partition coefficient (Wildman–Crippen LogP) is 6.72. The molecule has 1 aromatic heterocycles. The number of sulfone groups is 1. The Morgan fingerprint density at radius 2 is 1.24 bits per heavy atom. The quantitative estimate of drug-likeness (QED) is 0.206. The zero-order valence-electron chi connectivity index (χ0n) is 22.6. The number of nitrogens with zero attached hydrogens (tertiary/aromatic N) is 2. The van der Waals surface area contributed by atoms with Crippen molar-refractivity contribution in [2.45, 2.75) is 11.8 Å². The second-order valence-corrected chi connectivity index (χ2v) is 14.6. The third-order valence-electron chi connectivity index (χ3n) is 7.43. The summed E-state index contributed by atoms with van der Waals surface area (Å²) in [4.78, 5) is 7.92. The molecule has 2 heterocycles. The third kappa shape index (κ3) is 4.64. The van der Waals surface area contributed by atoms with E-state index in [1.165, 1.54) is 32.1 Å². The maximum absolute atomic E-state index is 12.1. The Morgan fingerprint density at radius 1 is 0.659 bits per heavy atom. The van der Waals surface area contributed by atoms with E-state index in [9.17, 15) is 8.42 Å². The van der Waals surface area contributed by atoms with Crippen LogP contribution in [0.1, 0.15) is 5.56 Å². The van der Waals surface area contributed by atoms with Crippen molar-refractivity contribution in [3.8, 4) is 22.4 Å². The number of hydrogen-bond acceptors (Lipinski definition) is 4. The number of benzene rings is 5. The molecule has 1 aliphatic rings. The molecule has 200 valence electrons. The molecular formula is C35H26N2O2SSe. The Hall–Kier alpha value is -4.22. The summed E-state index contributed by atoms with van der Waals surface area (Å²) in [5.74, 6) is 0. The summed E-state index contributed by atoms with van der Waals surface area (Å²) in [6.07, 6.45) is 1.23. The molecule has 0 radical (unpaired) electrons. The molecule has 0 unspecified atom stereocenters. The first-order valence-corrected chi connectivity index (χ1v) is 16.9. The van der Waals surface area contributed by atoms with Gasteiger partial charge >= 0.3 is 233 Å². The zero-order valence-corrected chi connectivity index (χ0v) is 25.1. The van der Waals surface area contributed by atoms with Gasteiger partial charge in [-0.1, -0.05) is 0 Å². The summed E-state index contributed by atoms with van der Waals surface area (Å²) in [5.41, 5.74) is 9.33. The van der Waals surface area contributed by atoms with Crippen LogP contribution >= 0.6 is 0 Å². The summed E-state index contributed by atoms with van der Waals surface area (Å²) < 4.78 is 26.9. The molecule has 0 spiro atoms. The summed E-state index contributed by atoms with van der Waals surface area (Å²) in [7, 11) is -3.30. The molecule has 6 aromatic rings. The topological polar surface area (TPSA) is 50.3 Å². The zero-order chi connectivity index (χ0) is 28.1. The number of aryl methyl sites for hydroxylation is 1. The molecule has 0 atom stereocenters. The van der Waals surface area contributed by atoms with Crippen molar-refractivity contribution in [3.63, 3.8) is 0 Å². The van der Waals surface area contributed by atoms with Gasteiger partial charge in [0.05, 0.1) is 0 Å². The van der Waals surface area contributed by atoms with E-state index < -0.39 is 9.84 Å². The summed E-state index contributed by atoms with van der Waals surface area (Å²) >= 11 is 0.210. The van der Waals surface area contributed by atoms with Gasteiger partial charge in [0.2, 0.25) is 0 Å². The number of rotatable bonds is 4. The van der Waals surface area contributed by atoms with Gasteiger partial charge in [-0.15, -0.1) is 0 Å². The van der Waals surface area contributed by atoms with E-state index in [1.807, 2.05) is 12.1 Å². The predicted molar refractivity (Wildman–Crippen MR) is 170 cm³/mol. The number of hydrogen-bond donors (Lipinski definition) is 0. The number of anilines is 3. The van der Waals surface area contributed by atoms with Crippen molar-refractivity contribution in [3.05, 3.63) is 127 Å². The van der Waals surface area contributed by atoms with Gasteiger partial charge < -0.3 is 0 Å². The van der Waals surface area contributed by atoms with Gasteiger partial charge in [-0.3, -0.25) is 0 Å². The van der Waals surface area contributed by atoms with Gasteiger partial charge in [0.15, 0.2) is 0 Å². The molecule has 0 aliphatic carbocycles. The maximum atomic E-state index is 12.1. The van der Waals surface area contributed by atoms with Crippen LogP contribution in [-0.2, 0) is 9.84 Å². The second kappa shape index (κ2) is 10.0. The standard InChI is InChI=1S/C35H26N2O2SSe/c1-23-14-16-24(17-15-23)28-22-29(25-18-20-26(21-19-25)40(2,38)39)36-35-27(28)8-7-11-32(35)37-30-9-3-5-12-33(30)41-34-13-6-4-10-31(34)37/h3-22H,1-2H3. The van der Waals surface area contributed by atoms with Crippen LogP contribution < -0.4 is 13.8 Å². The van der Waals surface area contributed by atoms with E-state index in [2.05, 4.69) is 109 Å². The Morgan fingerprint density at radius 3 is 1.88 bits per heavy atom. The van der Waals surface area contributed by atoms with Crippen LogP contribution in [-0.4, -0.2) is 34.6 Å². The molecule has 1 aliphatic heterocycles. The molecule has 0 N–H and O–H groups in total. The molecule has 4 nitrogen and oxygen atoms in total. The fourth-order valence-electron chi connectivity index (χ4n) is 5.37. The van der Waals surface area contributed by atoms with Crippen LogP contribution in [0, 0.1) is 6.92 Å². The van der Waals surface area contributed by atoms with Crippen LogP contribution in [0.2, 0.25) is 0 Å². The molecule has 6 heteroatoms. The van der Waals surface area contributed by atoms with E-state index in [0.29, 0.717) is 4.90 Å². The summed E-state index contributed by atoms with van der Waals surface area (Å²) in [6, 6.07) is 41.4. The first-order valence-electron chi connectivity index (χ1n) is 13.3. The number of para-hydroxylation sites is 3. The monoisotopic (exact) mass is 618 g/mol. The van der Waals surface area contributed by atoms with Crippen molar-refractivity contribution < 1.29 is 8.42 Å². The molecule has 41 heavy (non-hydrogen) atoms. The average molecular weight is 618 g/mol. The van der Waals surface area contributed by atoms with Gasteiger partial charge in [-0.25, -0.2) is 8.42 Å². The van der Waals surface area contributed by atoms with Gasteiger partial charge in [0.1, 0.15) is 0 Å². The Balaban J connectivity index is 1.52. The number of fused-ring (bicyclic) bond motifs is 3. The van der Waals surface area contributed by atoms with Gasteiger partial charge in [0, 0.05) is 6.26 Å². The molecule has 0 saturated carbocycles. The molecule has 0 amide bonds. The number of aromatic nitrogens is 1. The number of pyridine rings is 1. The fourth-order valence-corrected chi connectivity index (χ4v) is 8.22. The van der Waals surface area contributed by atoms with E-state index in [1.54, 1.807) is 12.1 Å². The van der Waals surface area contributed by atoms with Crippen molar-refractivity contribution >= 4 is 61.7 Å². The van der Waals surface area contributed by atoms with E-state index in [-0.39, 0.29) is 15.0 Å². The van der Waals surface area contributed by atoms with Crippen LogP contribution in [0.3, 0.4) is 0 Å². The van der Waals surface area contributed by atoms with Crippen molar-refractivity contribution in [2.24, 2.45) is 0 Å². The molecule has 5 aromatic carbocycles. The van der Waals surface area contributed by atoms with Gasteiger partial charge in [0.25, 0.3) is 0 Å². The van der Waals surface area contributed by atoms with Crippen LogP contribution in [0.4, 0.5) is 17.1 Å². The first-order chi connectivity index (χ1) is 19.9. The fraction of sp³-hybridized carbons (Fsp3) is 0.0571. The minimum atomic E-state index is -3.30. The minimum absolute atomic E-state index is 0.210. The molecular weight excluding hydrogens is 591 g/mol. The third-order valence-corrected chi connectivity index (χ3v) is 10.9. The van der Waals surface area contributed by atoms with E-state index >= 15 is 0 Å². The van der Waals surface area contributed by atoms with Crippen LogP contribution in [0.15, 0.2) is 126 Å².